The lowest BCUT2D eigenvalue weighted by Gasteiger charge is -2.25. The van der Waals surface area contributed by atoms with E-state index < -0.39 is 0 Å². The standard InChI is InChI=1S/C30H21NOS/c1-3-10-24(11-4-1)31(25-12-5-2-6-13-25)26-17-15-22(16-18-26)29-19-20-30(33-29)28-21-23-9-7-8-14-27(23)32-28/h1-21H. The van der Waals surface area contributed by atoms with E-state index >= 15 is 0 Å². The number of benzene rings is 4. The topological polar surface area (TPSA) is 16.4 Å². The molecule has 0 bridgehead atoms. The van der Waals surface area contributed by atoms with Gasteiger partial charge < -0.3 is 9.32 Å². The third-order valence-electron chi connectivity index (χ3n) is 5.71. The third kappa shape index (κ3) is 3.84. The molecule has 0 aliphatic rings. The zero-order valence-electron chi connectivity index (χ0n) is 17.9. The van der Waals surface area contributed by atoms with Crippen LogP contribution in [0.4, 0.5) is 17.1 Å². The number of para-hydroxylation sites is 3. The van der Waals surface area contributed by atoms with Gasteiger partial charge in [0.1, 0.15) is 11.3 Å². The maximum Gasteiger partial charge on any atom is 0.145 e. The summed E-state index contributed by atoms with van der Waals surface area (Å²) >= 11 is 1.75. The second kappa shape index (κ2) is 8.45. The Kier molecular flexibility index (Phi) is 5.02. The predicted octanol–water partition coefficient (Wildman–Crippen LogP) is 9.30. The highest BCUT2D eigenvalue weighted by Gasteiger charge is 2.13. The maximum absolute atomic E-state index is 6.06. The monoisotopic (exact) mass is 443 g/mol. The molecule has 0 aliphatic carbocycles. The Hall–Kier alpha value is -4.08. The molecular weight excluding hydrogens is 422 g/mol. The molecule has 6 rings (SSSR count). The van der Waals surface area contributed by atoms with Gasteiger partial charge in [0.15, 0.2) is 0 Å². The fourth-order valence-corrected chi connectivity index (χ4v) is 5.07. The molecule has 2 nitrogen and oxygen atoms in total. The summed E-state index contributed by atoms with van der Waals surface area (Å²) in [6.07, 6.45) is 0. The van der Waals surface area contributed by atoms with E-state index in [0.29, 0.717) is 0 Å². The van der Waals surface area contributed by atoms with Crippen LogP contribution in [0, 0.1) is 0 Å². The summed E-state index contributed by atoms with van der Waals surface area (Å²) < 4.78 is 6.06. The van der Waals surface area contributed by atoms with E-state index in [4.69, 9.17) is 4.42 Å². The lowest BCUT2D eigenvalue weighted by molar-refractivity contribution is 0.633. The van der Waals surface area contributed by atoms with Gasteiger partial charge in [-0.3, -0.25) is 0 Å². The minimum atomic E-state index is 0.920. The number of furan rings is 1. The first-order valence-corrected chi connectivity index (χ1v) is 11.8. The normalized spacial score (nSPS) is 11.0. The lowest BCUT2D eigenvalue weighted by atomic mass is 10.1. The van der Waals surface area contributed by atoms with Gasteiger partial charge in [-0.05, 0) is 66.2 Å². The van der Waals surface area contributed by atoms with Crippen LogP contribution in [0.5, 0.6) is 0 Å². The SMILES string of the molecule is c1ccc(N(c2ccccc2)c2ccc(-c3ccc(-c4cc5ccccc5o4)s3)cc2)cc1. The molecule has 4 aromatic carbocycles. The molecule has 0 fully saturated rings. The van der Waals surface area contributed by atoms with Crippen molar-refractivity contribution >= 4 is 39.4 Å². The first-order chi connectivity index (χ1) is 16.3. The summed E-state index contributed by atoms with van der Waals surface area (Å²) in [5.74, 6) is 0.920. The Morgan fingerprint density at radius 1 is 0.515 bits per heavy atom. The molecule has 0 aliphatic heterocycles. The van der Waals surface area contributed by atoms with Crippen LogP contribution in [-0.4, -0.2) is 0 Å². The van der Waals surface area contributed by atoms with E-state index in [0.717, 1.165) is 38.7 Å². The van der Waals surface area contributed by atoms with Gasteiger partial charge in [-0.15, -0.1) is 11.3 Å². The van der Waals surface area contributed by atoms with Gasteiger partial charge in [-0.25, -0.2) is 0 Å². The van der Waals surface area contributed by atoms with Crippen LogP contribution in [0.25, 0.3) is 32.0 Å². The molecule has 0 unspecified atom stereocenters. The lowest BCUT2D eigenvalue weighted by Crippen LogP contribution is -2.09. The van der Waals surface area contributed by atoms with Crippen molar-refractivity contribution in [1.82, 2.24) is 0 Å². The van der Waals surface area contributed by atoms with Crippen LogP contribution >= 0.6 is 11.3 Å². The fraction of sp³-hybridized carbons (Fsp3) is 0. The van der Waals surface area contributed by atoms with E-state index in [1.54, 1.807) is 11.3 Å². The molecule has 33 heavy (non-hydrogen) atoms. The summed E-state index contributed by atoms with van der Waals surface area (Å²) in [6.45, 7) is 0. The van der Waals surface area contributed by atoms with Gasteiger partial charge in [0.2, 0.25) is 0 Å². The molecule has 0 radical (unpaired) electrons. The van der Waals surface area contributed by atoms with Gasteiger partial charge in [-0.2, -0.15) is 0 Å². The average molecular weight is 444 g/mol. The Morgan fingerprint density at radius 2 is 1.09 bits per heavy atom. The van der Waals surface area contributed by atoms with Crippen LogP contribution in [0.2, 0.25) is 0 Å². The van der Waals surface area contributed by atoms with Gasteiger partial charge in [0, 0.05) is 27.3 Å². The van der Waals surface area contributed by atoms with Gasteiger partial charge in [0.05, 0.1) is 4.88 Å². The Balaban J connectivity index is 1.33. The first-order valence-electron chi connectivity index (χ1n) is 10.9. The van der Waals surface area contributed by atoms with Crippen molar-refractivity contribution in [2.45, 2.75) is 0 Å². The number of thiophene rings is 1. The molecule has 2 heterocycles. The maximum atomic E-state index is 6.06. The second-order valence-electron chi connectivity index (χ2n) is 7.87. The van der Waals surface area contributed by atoms with Crippen molar-refractivity contribution in [3.8, 4) is 21.1 Å². The largest absolute Gasteiger partial charge is 0.455 e. The number of hydrogen-bond donors (Lipinski definition) is 0. The molecule has 0 amide bonds. The molecule has 0 saturated carbocycles. The number of anilines is 3. The number of fused-ring (bicyclic) bond motifs is 1. The third-order valence-corrected chi connectivity index (χ3v) is 6.86. The Labute approximate surface area is 197 Å². The van der Waals surface area contributed by atoms with E-state index in [2.05, 4.69) is 102 Å². The highest BCUT2D eigenvalue weighted by molar-refractivity contribution is 7.18. The fourth-order valence-electron chi connectivity index (χ4n) is 4.10. The number of hydrogen-bond acceptors (Lipinski definition) is 3. The minimum Gasteiger partial charge on any atom is -0.455 e. The second-order valence-corrected chi connectivity index (χ2v) is 8.95. The van der Waals surface area contributed by atoms with Crippen LogP contribution in [0.15, 0.2) is 132 Å². The van der Waals surface area contributed by atoms with Crippen LogP contribution in [0.1, 0.15) is 0 Å². The number of rotatable bonds is 5. The summed E-state index contributed by atoms with van der Waals surface area (Å²) in [7, 11) is 0. The highest BCUT2D eigenvalue weighted by Crippen LogP contribution is 2.39. The van der Waals surface area contributed by atoms with E-state index in [1.807, 2.05) is 30.3 Å². The van der Waals surface area contributed by atoms with Crippen molar-refractivity contribution in [2.75, 3.05) is 4.90 Å². The molecule has 0 N–H and O–H groups in total. The smallest absolute Gasteiger partial charge is 0.145 e. The Bertz CT molecular complexity index is 1430. The molecular formula is C30H21NOS. The van der Waals surface area contributed by atoms with Crippen molar-refractivity contribution in [3.63, 3.8) is 0 Å². The average Bonchev–Trinajstić information content (AvgIpc) is 3.54. The van der Waals surface area contributed by atoms with Gasteiger partial charge in [-0.1, -0.05) is 66.7 Å². The zero-order valence-corrected chi connectivity index (χ0v) is 18.7. The zero-order chi connectivity index (χ0) is 22.0. The van der Waals surface area contributed by atoms with E-state index in [-0.39, 0.29) is 0 Å². The van der Waals surface area contributed by atoms with E-state index in [1.165, 1.54) is 10.4 Å². The minimum absolute atomic E-state index is 0.920. The molecule has 0 spiro atoms. The van der Waals surface area contributed by atoms with Crippen LogP contribution < -0.4 is 4.90 Å². The molecule has 158 valence electrons. The molecule has 0 atom stereocenters. The van der Waals surface area contributed by atoms with Crippen LogP contribution in [-0.2, 0) is 0 Å². The quantitative estimate of drug-likeness (QED) is 0.264. The van der Waals surface area contributed by atoms with Crippen molar-refractivity contribution < 1.29 is 4.42 Å². The molecule has 2 aromatic heterocycles. The summed E-state index contributed by atoms with van der Waals surface area (Å²) in [5, 5.41) is 1.13. The predicted molar refractivity (Wildman–Crippen MR) is 140 cm³/mol. The van der Waals surface area contributed by atoms with Crippen molar-refractivity contribution in [2.24, 2.45) is 0 Å². The molecule has 3 heteroatoms. The molecule has 6 aromatic rings. The Morgan fingerprint density at radius 3 is 1.76 bits per heavy atom. The van der Waals surface area contributed by atoms with Crippen molar-refractivity contribution in [1.29, 1.82) is 0 Å². The number of nitrogens with zero attached hydrogens (tertiary/aromatic N) is 1. The summed E-state index contributed by atoms with van der Waals surface area (Å²) in [5.41, 5.74) is 5.53. The van der Waals surface area contributed by atoms with Crippen LogP contribution in [0.3, 0.4) is 0 Å². The van der Waals surface area contributed by atoms with Crippen molar-refractivity contribution in [3.05, 3.63) is 127 Å². The summed E-state index contributed by atoms with van der Waals surface area (Å²) in [6, 6.07) is 44.3. The van der Waals surface area contributed by atoms with Gasteiger partial charge in [0.25, 0.3) is 0 Å². The highest BCUT2D eigenvalue weighted by atomic mass is 32.1. The first kappa shape index (κ1) is 19.6. The van der Waals surface area contributed by atoms with E-state index in [9.17, 15) is 0 Å². The molecule has 0 saturated heterocycles. The van der Waals surface area contributed by atoms with Gasteiger partial charge >= 0.3 is 0 Å². The summed E-state index contributed by atoms with van der Waals surface area (Å²) in [4.78, 5) is 4.64.